The van der Waals surface area contributed by atoms with Crippen molar-refractivity contribution in [1.29, 1.82) is 0 Å². The van der Waals surface area contributed by atoms with Gasteiger partial charge < -0.3 is 10.5 Å². The average Bonchev–Trinajstić information content (AvgIpc) is 2.26. The smallest absolute Gasteiger partial charge is 0.0774 e. The van der Waals surface area contributed by atoms with Crippen LogP contribution >= 0.6 is 0 Å². The number of ether oxygens (including phenoxy) is 1. The van der Waals surface area contributed by atoms with E-state index in [0.29, 0.717) is 12.1 Å². The van der Waals surface area contributed by atoms with Crippen LogP contribution in [0.3, 0.4) is 0 Å². The highest BCUT2D eigenvalue weighted by Gasteiger charge is 2.52. The van der Waals surface area contributed by atoms with Crippen molar-refractivity contribution in [3.05, 3.63) is 0 Å². The van der Waals surface area contributed by atoms with Gasteiger partial charge in [-0.3, -0.25) is 0 Å². The summed E-state index contributed by atoms with van der Waals surface area (Å²) >= 11 is 0. The summed E-state index contributed by atoms with van der Waals surface area (Å²) in [5.74, 6) is 0.736. The standard InChI is InChI=1S/C5H9NO/c6-4-3-1-2-7-5(3)4/h3-5H,1-2,6H2/t3-,4+,5-/m1/s1. The number of hydrogen-bond donors (Lipinski definition) is 1. The summed E-state index contributed by atoms with van der Waals surface area (Å²) in [4.78, 5) is 0. The van der Waals surface area contributed by atoms with Crippen LogP contribution in [0.15, 0.2) is 0 Å². The SMILES string of the molecule is N[C@H]1[C@H]2CCO[C@@H]12. The zero-order valence-electron chi connectivity index (χ0n) is 4.13. The van der Waals surface area contributed by atoms with Crippen molar-refractivity contribution in [3.63, 3.8) is 0 Å². The molecule has 1 heterocycles. The summed E-state index contributed by atoms with van der Waals surface area (Å²) in [6, 6.07) is 0.397. The molecule has 2 N–H and O–H groups in total. The normalized spacial score (nSPS) is 57.0. The molecule has 0 spiro atoms. The van der Waals surface area contributed by atoms with Crippen LogP contribution in [0.25, 0.3) is 0 Å². The Morgan fingerprint density at radius 1 is 1.57 bits per heavy atom. The van der Waals surface area contributed by atoms with Crippen molar-refractivity contribution < 1.29 is 4.74 Å². The third-order valence-corrected chi connectivity index (χ3v) is 1.92. The van der Waals surface area contributed by atoms with Crippen LogP contribution < -0.4 is 5.73 Å². The lowest BCUT2D eigenvalue weighted by molar-refractivity contribution is 0.150. The van der Waals surface area contributed by atoms with Gasteiger partial charge in [-0.1, -0.05) is 0 Å². The molecule has 2 rings (SSSR count). The molecule has 2 fully saturated rings. The number of fused-ring (bicyclic) bond motifs is 1. The van der Waals surface area contributed by atoms with Crippen LogP contribution in [0.4, 0.5) is 0 Å². The predicted molar refractivity (Wildman–Crippen MR) is 25.8 cm³/mol. The van der Waals surface area contributed by atoms with Crippen molar-refractivity contribution in [1.82, 2.24) is 0 Å². The summed E-state index contributed by atoms with van der Waals surface area (Å²) < 4.78 is 5.21. The van der Waals surface area contributed by atoms with E-state index in [1.54, 1.807) is 0 Å². The Hall–Kier alpha value is -0.0800. The second-order valence-corrected chi connectivity index (χ2v) is 2.37. The first-order chi connectivity index (χ1) is 3.39. The third-order valence-electron chi connectivity index (χ3n) is 1.92. The lowest BCUT2D eigenvalue weighted by Gasteiger charge is -1.93. The molecule has 1 saturated carbocycles. The minimum atomic E-state index is 0.397. The summed E-state index contributed by atoms with van der Waals surface area (Å²) in [7, 11) is 0. The number of rotatable bonds is 0. The second kappa shape index (κ2) is 1.01. The summed E-state index contributed by atoms with van der Waals surface area (Å²) in [5.41, 5.74) is 5.55. The minimum Gasteiger partial charge on any atom is -0.376 e. The topological polar surface area (TPSA) is 35.2 Å². The largest absolute Gasteiger partial charge is 0.376 e. The first kappa shape index (κ1) is 3.87. The Bertz CT molecular complexity index is 84.1. The van der Waals surface area contributed by atoms with Gasteiger partial charge in [-0.2, -0.15) is 0 Å². The molecule has 0 radical (unpaired) electrons. The highest BCUT2D eigenvalue weighted by atomic mass is 16.5. The Morgan fingerprint density at radius 2 is 2.43 bits per heavy atom. The molecule has 3 atom stereocenters. The monoisotopic (exact) mass is 99.1 g/mol. The fourth-order valence-electron chi connectivity index (χ4n) is 1.30. The highest BCUT2D eigenvalue weighted by molar-refractivity contribution is 5.05. The van der Waals surface area contributed by atoms with Crippen molar-refractivity contribution in [2.75, 3.05) is 6.61 Å². The molecule has 2 heteroatoms. The van der Waals surface area contributed by atoms with Gasteiger partial charge in [0.1, 0.15) is 0 Å². The molecule has 1 aliphatic carbocycles. The first-order valence-electron chi connectivity index (χ1n) is 2.77. The van der Waals surface area contributed by atoms with E-state index >= 15 is 0 Å². The molecule has 0 bridgehead atoms. The molecule has 7 heavy (non-hydrogen) atoms. The van der Waals surface area contributed by atoms with Gasteiger partial charge in [0, 0.05) is 18.6 Å². The number of nitrogens with two attached hydrogens (primary N) is 1. The molecular weight excluding hydrogens is 90.1 g/mol. The lowest BCUT2D eigenvalue weighted by Crippen LogP contribution is -2.10. The quantitative estimate of drug-likeness (QED) is 0.454. The molecule has 0 amide bonds. The van der Waals surface area contributed by atoms with Gasteiger partial charge in [-0.05, 0) is 6.42 Å². The zero-order chi connectivity index (χ0) is 4.85. The van der Waals surface area contributed by atoms with E-state index in [4.69, 9.17) is 10.5 Å². The van der Waals surface area contributed by atoms with E-state index in [1.807, 2.05) is 0 Å². The van der Waals surface area contributed by atoms with E-state index in [9.17, 15) is 0 Å². The second-order valence-electron chi connectivity index (χ2n) is 2.37. The Labute approximate surface area is 42.6 Å². The molecule has 0 aromatic carbocycles. The third kappa shape index (κ3) is 0.359. The van der Waals surface area contributed by atoms with Gasteiger partial charge in [-0.15, -0.1) is 0 Å². The maximum atomic E-state index is 5.55. The lowest BCUT2D eigenvalue weighted by atomic mass is 10.3. The van der Waals surface area contributed by atoms with E-state index in [-0.39, 0.29) is 0 Å². The molecule has 40 valence electrons. The first-order valence-corrected chi connectivity index (χ1v) is 2.77. The molecule has 1 aliphatic heterocycles. The minimum absolute atomic E-state index is 0.397. The van der Waals surface area contributed by atoms with Crippen LogP contribution in [0.5, 0.6) is 0 Å². The molecule has 0 aromatic heterocycles. The Balaban J connectivity index is 2.06. The van der Waals surface area contributed by atoms with Gasteiger partial charge in [0.15, 0.2) is 0 Å². The maximum Gasteiger partial charge on any atom is 0.0774 e. The zero-order valence-corrected chi connectivity index (χ0v) is 4.13. The van der Waals surface area contributed by atoms with E-state index in [1.165, 1.54) is 6.42 Å². The van der Waals surface area contributed by atoms with Crippen molar-refractivity contribution in [2.45, 2.75) is 18.6 Å². The molecule has 2 aliphatic rings. The van der Waals surface area contributed by atoms with Crippen LogP contribution in [-0.2, 0) is 4.74 Å². The van der Waals surface area contributed by atoms with Gasteiger partial charge in [0.05, 0.1) is 6.10 Å². The molecule has 2 nitrogen and oxygen atoms in total. The van der Waals surface area contributed by atoms with Crippen LogP contribution in [0.1, 0.15) is 6.42 Å². The van der Waals surface area contributed by atoms with Gasteiger partial charge in [0.2, 0.25) is 0 Å². The van der Waals surface area contributed by atoms with Crippen LogP contribution in [0.2, 0.25) is 0 Å². The van der Waals surface area contributed by atoms with Crippen molar-refractivity contribution in [3.8, 4) is 0 Å². The Morgan fingerprint density at radius 3 is 2.71 bits per heavy atom. The van der Waals surface area contributed by atoms with Crippen molar-refractivity contribution >= 4 is 0 Å². The summed E-state index contributed by atoms with van der Waals surface area (Å²) in [6.45, 7) is 0.947. The maximum absolute atomic E-state index is 5.55. The van der Waals surface area contributed by atoms with Gasteiger partial charge in [0.25, 0.3) is 0 Å². The fourth-order valence-corrected chi connectivity index (χ4v) is 1.30. The molecule has 0 unspecified atom stereocenters. The van der Waals surface area contributed by atoms with E-state index in [2.05, 4.69) is 0 Å². The average molecular weight is 99.1 g/mol. The summed E-state index contributed by atoms with van der Waals surface area (Å²) in [6.07, 6.45) is 1.66. The number of hydrogen-bond acceptors (Lipinski definition) is 2. The van der Waals surface area contributed by atoms with Crippen molar-refractivity contribution in [2.24, 2.45) is 11.7 Å². The molecule has 0 aromatic rings. The fraction of sp³-hybridized carbons (Fsp3) is 1.00. The predicted octanol–water partition coefficient (Wildman–Crippen LogP) is -0.268. The van der Waals surface area contributed by atoms with Gasteiger partial charge >= 0.3 is 0 Å². The Kier molecular flexibility index (Phi) is 0.557. The van der Waals surface area contributed by atoms with Crippen LogP contribution in [0, 0.1) is 5.92 Å². The highest BCUT2D eigenvalue weighted by Crippen LogP contribution is 2.40. The summed E-state index contributed by atoms with van der Waals surface area (Å²) in [5, 5.41) is 0. The molecule has 1 saturated heterocycles. The molecular formula is C5H9NO. The van der Waals surface area contributed by atoms with Crippen LogP contribution in [-0.4, -0.2) is 18.8 Å². The van der Waals surface area contributed by atoms with E-state index in [0.717, 1.165) is 12.5 Å². The van der Waals surface area contributed by atoms with Gasteiger partial charge in [-0.25, -0.2) is 0 Å². The van der Waals surface area contributed by atoms with E-state index < -0.39 is 0 Å².